The molecule has 22 valence electrons. The summed E-state index contributed by atoms with van der Waals surface area (Å²) < 4.78 is 4.25. The van der Waals surface area contributed by atoms with Crippen molar-refractivity contribution in [3.05, 3.63) is 0 Å². The fraction of sp³-hybridized carbons (Fsp3) is 1.00. The van der Waals surface area contributed by atoms with Gasteiger partial charge in [-0.2, -0.15) is 0 Å². The summed E-state index contributed by atoms with van der Waals surface area (Å²) in [6, 6.07) is 0. The van der Waals surface area contributed by atoms with Crippen molar-refractivity contribution in [2.24, 2.45) is 0 Å². The number of rotatable bonds is 0. The topological polar surface area (TPSA) is 9.23 Å². The van der Waals surface area contributed by atoms with Gasteiger partial charge in [-0.05, 0) is 0 Å². The molecule has 0 radical (unpaired) electrons. The molecule has 4 heavy (non-hydrogen) atoms. The first kappa shape index (κ1) is 8.88. The molecule has 0 unspecified atom stereocenters. The molecule has 0 bridgehead atoms. The molecule has 0 heterocycles. The van der Waals surface area contributed by atoms with Crippen molar-refractivity contribution in [2.45, 2.75) is 0 Å². The Morgan fingerprint density at radius 1 is 1.25 bits per heavy atom. The summed E-state index contributed by atoms with van der Waals surface area (Å²) in [5.41, 5.74) is 0. The maximum atomic E-state index is 4.25. The van der Waals surface area contributed by atoms with Gasteiger partial charge in [0.25, 0.3) is 0 Å². The van der Waals surface area contributed by atoms with Crippen LogP contribution in [-0.4, -0.2) is 43.8 Å². The van der Waals surface area contributed by atoms with E-state index in [1.165, 1.54) is 0 Å². The van der Waals surface area contributed by atoms with Crippen molar-refractivity contribution < 1.29 is 4.74 Å². The predicted octanol–water partition coefficient (Wildman–Crippen LogP) is -0.386. The van der Waals surface area contributed by atoms with Gasteiger partial charge in [0.2, 0.25) is 0 Å². The average Bonchev–Trinajstić information content (AvgIpc) is 0.918. The molecule has 0 N–H and O–H groups in total. The monoisotopic (exact) mass is 70.0 g/mol. The van der Waals surface area contributed by atoms with Crippen LogP contribution < -0.4 is 0 Å². The molecule has 0 aromatic heterocycles. The summed E-state index contributed by atoms with van der Waals surface area (Å²) in [4.78, 5) is 0. The molecule has 1 nitrogen and oxygen atoms in total. The minimum atomic E-state index is 0. The summed E-state index contributed by atoms with van der Waals surface area (Å²) in [5.74, 6) is 0. The van der Waals surface area contributed by atoms with Crippen LogP contribution in [-0.2, 0) is 4.74 Å². The van der Waals surface area contributed by atoms with Gasteiger partial charge in [-0.3, -0.25) is 0 Å². The molecule has 0 aliphatic heterocycles. The Hall–Kier alpha value is 0.960. The van der Waals surface area contributed by atoms with E-state index in [1.54, 1.807) is 14.2 Å². The summed E-state index contributed by atoms with van der Waals surface area (Å²) in [7, 11) is 3.25. The second-order valence-electron chi connectivity index (χ2n) is 0.408. The van der Waals surface area contributed by atoms with Gasteiger partial charge in [0.05, 0.1) is 0 Å². The fourth-order valence-electron chi connectivity index (χ4n) is 0. The Kier molecular flexibility index (Phi) is 20.0. The van der Waals surface area contributed by atoms with E-state index in [0.29, 0.717) is 0 Å². The molecule has 0 aliphatic carbocycles. The Balaban J connectivity index is 0. The molecule has 0 rings (SSSR count). The van der Waals surface area contributed by atoms with Crippen molar-refractivity contribution in [1.82, 2.24) is 0 Å². The van der Waals surface area contributed by atoms with Gasteiger partial charge in [-0.1, -0.05) is 0 Å². The van der Waals surface area contributed by atoms with Gasteiger partial charge < -0.3 is 4.74 Å². The Bertz CT molecular complexity index is 6.00. The summed E-state index contributed by atoms with van der Waals surface area (Å²) in [6.45, 7) is 0. The van der Waals surface area contributed by atoms with E-state index in [1.807, 2.05) is 0 Å². The Morgan fingerprint density at radius 3 is 1.25 bits per heavy atom. The van der Waals surface area contributed by atoms with Crippen LogP contribution in [0.1, 0.15) is 0 Å². The molecule has 0 spiro atoms. The van der Waals surface area contributed by atoms with Gasteiger partial charge >= 0.3 is 29.6 Å². The van der Waals surface area contributed by atoms with Crippen molar-refractivity contribution in [2.75, 3.05) is 14.2 Å². The van der Waals surface area contributed by atoms with Gasteiger partial charge in [0, 0.05) is 14.2 Å². The Labute approximate surface area is 48.6 Å². The molecule has 0 aromatic rings. The van der Waals surface area contributed by atoms with E-state index < -0.39 is 0 Å². The van der Waals surface area contributed by atoms with Crippen LogP contribution in [0.5, 0.6) is 0 Å². The third-order valence-electron chi connectivity index (χ3n) is 0. The molecule has 0 aliphatic rings. The van der Waals surface area contributed by atoms with Crippen molar-refractivity contribution >= 4 is 29.6 Å². The minimum absolute atomic E-state index is 0. The van der Waals surface area contributed by atoms with Gasteiger partial charge in [0.1, 0.15) is 0 Å². The van der Waals surface area contributed by atoms with Crippen molar-refractivity contribution in [3.8, 4) is 0 Å². The van der Waals surface area contributed by atoms with Crippen LogP contribution in [0.25, 0.3) is 0 Å². The van der Waals surface area contributed by atoms with Crippen molar-refractivity contribution in [1.29, 1.82) is 0 Å². The standard InChI is InChI=1S/C2H6O.Na.H/c1-3-2;;/h1-2H3;;. The number of hydrogen-bond acceptors (Lipinski definition) is 1. The maximum absolute atomic E-state index is 4.25. The molecule has 0 amide bonds. The number of methoxy groups -OCH3 is 1. The molecular weight excluding hydrogens is 63.0 g/mol. The quantitative estimate of drug-likeness (QED) is 0.353. The summed E-state index contributed by atoms with van der Waals surface area (Å²) in [5, 5.41) is 0. The van der Waals surface area contributed by atoms with Crippen LogP contribution in [0.2, 0.25) is 0 Å². The summed E-state index contributed by atoms with van der Waals surface area (Å²) >= 11 is 0. The van der Waals surface area contributed by atoms with Crippen LogP contribution in [0.15, 0.2) is 0 Å². The second kappa shape index (κ2) is 9.03. The van der Waals surface area contributed by atoms with Crippen LogP contribution in [0.4, 0.5) is 0 Å². The molecular formula is C2H7NaO. The second-order valence-corrected chi connectivity index (χ2v) is 0.408. The first-order valence-corrected chi connectivity index (χ1v) is 0.816. The van der Waals surface area contributed by atoms with Crippen LogP contribution in [0, 0.1) is 0 Å². The average molecular weight is 70.1 g/mol. The first-order valence-electron chi connectivity index (χ1n) is 0.816. The Morgan fingerprint density at radius 2 is 1.25 bits per heavy atom. The van der Waals surface area contributed by atoms with Crippen LogP contribution >= 0.6 is 0 Å². The van der Waals surface area contributed by atoms with Gasteiger partial charge in [0.15, 0.2) is 0 Å². The molecule has 0 saturated heterocycles. The molecule has 0 atom stereocenters. The van der Waals surface area contributed by atoms with E-state index in [0.717, 1.165) is 0 Å². The molecule has 0 aromatic carbocycles. The normalized spacial score (nSPS) is 4.50. The SMILES string of the molecule is COC.[NaH]. The van der Waals surface area contributed by atoms with E-state index >= 15 is 0 Å². The predicted molar refractivity (Wildman–Crippen MR) is 20.1 cm³/mol. The van der Waals surface area contributed by atoms with E-state index in [9.17, 15) is 0 Å². The van der Waals surface area contributed by atoms with Crippen LogP contribution in [0.3, 0.4) is 0 Å². The number of hydrogen-bond donors (Lipinski definition) is 0. The van der Waals surface area contributed by atoms with Gasteiger partial charge in [-0.25, -0.2) is 0 Å². The molecule has 0 saturated carbocycles. The van der Waals surface area contributed by atoms with E-state index in [-0.39, 0.29) is 29.6 Å². The molecule has 0 fully saturated rings. The van der Waals surface area contributed by atoms with E-state index in [2.05, 4.69) is 4.74 Å². The van der Waals surface area contributed by atoms with E-state index in [4.69, 9.17) is 0 Å². The van der Waals surface area contributed by atoms with Gasteiger partial charge in [-0.15, -0.1) is 0 Å². The van der Waals surface area contributed by atoms with Crippen molar-refractivity contribution in [3.63, 3.8) is 0 Å². The zero-order chi connectivity index (χ0) is 2.71. The first-order chi connectivity index (χ1) is 1.41. The summed E-state index contributed by atoms with van der Waals surface area (Å²) in [6.07, 6.45) is 0. The molecule has 2 heteroatoms. The zero-order valence-corrected chi connectivity index (χ0v) is 2.41. The fourth-order valence-corrected chi connectivity index (χ4v) is 0. The number of ether oxygens (including phenoxy) is 1. The third-order valence-corrected chi connectivity index (χ3v) is 0. The third kappa shape index (κ3) is 12.3. The zero-order valence-electron chi connectivity index (χ0n) is 2.41.